The number of thioether (sulfide) groups is 1. The molecule has 144 valence electrons. The Labute approximate surface area is 157 Å². The highest BCUT2D eigenvalue weighted by Crippen LogP contribution is 2.26. The number of amides is 1. The van der Waals surface area contributed by atoms with Gasteiger partial charge in [0, 0.05) is 5.25 Å². The first-order chi connectivity index (χ1) is 12.2. The molecule has 2 rings (SSSR count). The zero-order valence-electron chi connectivity index (χ0n) is 15.0. The smallest absolute Gasteiger partial charge is 0.316 e. The number of aryl methyl sites for hydroxylation is 1. The van der Waals surface area contributed by atoms with Crippen molar-refractivity contribution in [2.45, 2.75) is 31.6 Å². The molecule has 1 aromatic carbocycles. The highest BCUT2D eigenvalue weighted by Gasteiger charge is 2.29. The van der Waals surface area contributed by atoms with Crippen LogP contribution in [0.1, 0.15) is 18.9 Å². The summed E-state index contributed by atoms with van der Waals surface area (Å²) in [5, 5.41) is 2.60. The molecule has 1 aromatic rings. The quantitative estimate of drug-likeness (QED) is 0.696. The Bertz CT molecular complexity index is 777. The van der Waals surface area contributed by atoms with Crippen LogP contribution in [0.5, 0.6) is 5.75 Å². The van der Waals surface area contributed by atoms with E-state index < -0.39 is 27.8 Å². The summed E-state index contributed by atoms with van der Waals surface area (Å²) in [6, 6.07) is 5.37. The molecule has 26 heavy (non-hydrogen) atoms. The summed E-state index contributed by atoms with van der Waals surface area (Å²) in [7, 11) is -1.47. The number of hydrogen-bond acceptors (Lipinski definition) is 7. The number of hydrogen-bond donors (Lipinski definition) is 1. The van der Waals surface area contributed by atoms with Gasteiger partial charge in [-0.2, -0.15) is 0 Å². The minimum atomic E-state index is -2.97. The van der Waals surface area contributed by atoms with Gasteiger partial charge in [-0.25, -0.2) is 8.42 Å². The first-order valence-electron chi connectivity index (χ1n) is 8.17. The summed E-state index contributed by atoms with van der Waals surface area (Å²) in [5.74, 6) is -0.217. The van der Waals surface area contributed by atoms with Crippen molar-refractivity contribution in [1.82, 2.24) is 0 Å². The van der Waals surface area contributed by atoms with Crippen molar-refractivity contribution in [2.75, 3.05) is 29.7 Å². The van der Waals surface area contributed by atoms with Crippen molar-refractivity contribution in [3.63, 3.8) is 0 Å². The number of methoxy groups -OCH3 is 1. The van der Waals surface area contributed by atoms with Crippen LogP contribution in [0, 0.1) is 6.92 Å². The fourth-order valence-electron chi connectivity index (χ4n) is 2.52. The van der Waals surface area contributed by atoms with Crippen LogP contribution >= 0.6 is 11.8 Å². The average molecular weight is 402 g/mol. The minimum absolute atomic E-state index is 0.0194. The van der Waals surface area contributed by atoms with E-state index in [0.29, 0.717) is 17.9 Å². The molecule has 0 spiro atoms. The molecule has 7 nitrogen and oxygen atoms in total. The lowest BCUT2D eigenvalue weighted by molar-refractivity contribution is -0.150. The molecule has 0 unspecified atom stereocenters. The largest absolute Gasteiger partial charge is 0.495 e. The van der Waals surface area contributed by atoms with E-state index in [1.165, 1.54) is 25.8 Å². The molecule has 1 heterocycles. The summed E-state index contributed by atoms with van der Waals surface area (Å²) >= 11 is 1.25. The first kappa shape index (κ1) is 20.6. The second kappa shape index (κ2) is 8.77. The van der Waals surface area contributed by atoms with Crippen molar-refractivity contribution in [3.05, 3.63) is 23.8 Å². The van der Waals surface area contributed by atoms with Crippen molar-refractivity contribution in [2.24, 2.45) is 0 Å². The topological polar surface area (TPSA) is 98.8 Å². The van der Waals surface area contributed by atoms with Crippen LogP contribution in [0.3, 0.4) is 0 Å². The maximum Gasteiger partial charge on any atom is 0.316 e. The van der Waals surface area contributed by atoms with E-state index in [0.717, 1.165) is 5.56 Å². The van der Waals surface area contributed by atoms with Crippen LogP contribution in [0.15, 0.2) is 18.2 Å². The molecule has 1 aliphatic heterocycles. The van der Waals surface area contributed by atoms with Gasteiger partial charge in [0.05, 0.1) is 30.1 Å². The fourth-order valence-corrected chi connectivity index (χ4v) is 5.94. The molecular formula is C17H23NO6S2. The third-order valence-electron chi connectivity index (χ3n) is 3.92. The van der Waals surface area contributed by atoms with Gasteiger partial charge in [0.15, 0.2) is 15.9 Å². The van der Waals surface area contributed by atoms with Crippen LogP contribution in [-0.2, 0) is 24.2 Å². The number of carbonyl (C=O) groups excluding carboxylic acids is 2. The minimum Gasteiger partial charge on any atom is -0.495 e. The van der Waals surface area contributed by atoms with Crippen molar-refractivity contribution >= 4 is 39.2 Å². The van der Waals surface area contributed by atoms with Gasteiger partial charge in [-0.1, -0.05) is 6.07 Å². The van der Waals surface area contributed by atoms with E-state index in [2.05, 4.69) is 5.32 Å². The monoisotopic (exact) mass is 401 g/mol. The number of nitrogens with one attached hydrogen (secondary N) is 1. The molecule has 0 bridgehead atoms. The predicted octanol–water partition coefficient (Wildman–Crippen LogP) is 1.79. The molecule has 0 saturated carbocycles. The Morgan fingerprint density at radius 3 is 2.73 bits per heavy atom. The molecule has 1 N–H and O–H groups in total. The number of benzene rings is 1. The number of rotatable bonds is 7. The Balaban J connectivity index is 1.83. The molecule has 1 amide bonds. The highest BCUT2D eigenvalue weighted by atomic mass is 32.2. The standard InChI is InChI=1S/C17H23NO6S2/c1-11-4-5-15(23-3)14(8-11)18-17(20)12(2)24-16(19)9-25-13-6-7-26(21,22)10-13/h4-5,8,12-13H,6-7,9-10H2,1-3H3,(H,18,20)/t12-,13-/m1/s1. The van der Waals surface area contributed by atoms with Gasteiger partial charge in [0.25, 0.3) is 5.91 Å². The van der Waals surface area contributed by atoms with Crippen LogP contribution in [-0.4, -0.2) is 56.0 Å². The number of anilines is 1. The number of ether oxygens (including phenoxy) is 2. The lowest BCUT2D eigenvalue weighted by Crippen LogP contribution is -2.31. The van der Waals surface area contributed by atoms with E-state index in [-0.39, 0.29) is 22.5 Å². The fraction of sp³-hybridized carbons (Fsp3) is 0.529. The lowest BCUT2D eigenvalue weighted by atomic mass is 10.2. The Morgan fingerprint density at radius 1 is 1.38 bits per heavy atom. The summed E-state index contributed by atoms with van der Waals surface area (Å²) in [6.07, 6.45) is -0.427. The third-order valence-corrected chi connectivity index (χ3v) is 7.17. The molecule has 0 aromatic heterocycles. The highest BCUT2D eigenvalue weighted by molar-refractivity contribution is 8.02. The molecule has 1 saturated heterocycles. The molecular weight excluding hydrogens is 378 g/mol. The van der Waals surface area contributed by atoms with Crippen LogP contribution in [0.2, 0.25) is 0 Å². The van der Waals surface area contributed by atoms with Gasteiger partial charge in [0.1, 0.15) is 5.75 Å². The van der Waals surface area contributed by atoms with Crippen molar-refractivity contribution in [1.29, 1.82) is 0 Å². The summed E-state index contributed by atoms with van der Waals surface area (Å²) < 4.78 is 33.2. The summed E-state index contributed by atoms with van der Waals surface area (Å²) in [5.41, 5.74) is 1.46. The van der Waals surface area contributed by atoms with E-state index in [1.807, 2.05) is 13.0 Å². The average Bonchev–Trinajstić information content (AvgIpc) is 2.92. The third kappa shape index (κ3) is 5.91. The Morgan fingerprint density at radius 2 is 2.12 bits per heavy atom. The predicted molar refractivity (Wildman–Crippen MR) is 101 cm³/mol. The Kier molecular flexibility index (Phi) is 6.94. The van der Waals surface area contributed by atoms with E-state index in [1.54, 1.807) is 12.1 Å². The first-order valence-corrected chi connectivity index (χ1v) is 11.0. The second-order valence-electron chi connectivity index (χ2n) is 6.16. The summed E-state index contributed by atoms with van der Waals surface area (Å²) in [6.45, 7) is 3.37. The van der Waals surface area contributed by atoms with Crippen LogP contribution in [0.25, 0.3) is 0 Å². The van der Waals surface area contributed by atoms with Gasteiger partial charge < -0.3 is 14.8 Å². The molecule has 1 aliphatic rings. The number of carbonyl (C=O) groups is 2. The van der Waals surface area contributed by atoms with Gasteiger partial charge >= 0.3 is 5.97 Å². The normalized spacial score (nSPS) is 19.6. The lowest BCUT2D eigenvalue weighted by Gasteiger charge is -2.16. The van der Waals surface area contributed by atoms with Crippen LogP contribution in [0.4, 0.5) is 5.69 Å². The zero-order valence-corrected chi connectivity index (χ0v) is 16.6. The number of sulfone groups is 1. The Hall–Kier alpha value is -1.74. The zero-order chi connectivity index (χ0) is 19.3. The second-order valence-corrected chi connectivity index (χ2v) is 9.68. The summed E-state index contributed by atoms with van der Waals surface area (Å²) in [4.78, 5) is 24.2. The molecule has 2 atom stereocenters. The van der Waals surface area contributed by atoms with Crippen molar-refractivity contribution in [3.8, 4) is 5.75 Å². The van der Waals surface area contributed by atoms with E-state index in [4.69, 9.17) is 9.47 Å². The molecule has 9 heteroatoms. The van der Waals surface area contributed by atoms with Crippen LogP contribution < -0.4 is 10.1 Å². The SMILES string of the molecule is COc1ccc(C)cc1NC(=O)[C@@H](C)OC(=O)CS[C@@H]1CCS(=O)(=O)C1. The van der Waals surface area contributed by atoms with Gasteiger partial charge in [0.2, 0.25) is 0 Å². The van der Waals surface area contributed by atoms with E-state index >= 15 is 0 Å². The molecule has 1 fully saturated rings. The van der Waals surface area contributed by atoms with Gasteiger partial charge in [-0.3, -0.25) is 9.59 Å². The maximum absolute atomic E-state index is 12.2. The van der Waals surface area contributed by atoms with Gasteiger partial charge in [-0.05, 0) is 38.0 Å². The maximum atomic E-state index is 12.2. The van der Waals surface area contributed by atoms with Crippen molar-refractivity contribution < 1.29 is 27.5 Å². The molecule has 0 aliphatic carbocycles. The molecule has 0 radical (unpaired) electrons. The number of esters is 1. The van der Waals surface area contributed by atoms with Gasteiger partial charge in [-0.15, -0.1) is 11.8 Å². The van der Waals surface area contributed by atoms with E-state index in [9.17, 15) is 18.0 Å².